The molecule has 14 heteroatoms. The summed E-state index contributed by atoms with van der Waals surface area (Å²) in [5, 5.41) is 12.2. The van der Waals surface area contributed by atoms with E-state index in [4.69, 9.17) is 11.6 Å². The van der Waals surface area contributed by atoms with Gasteiger partial charge in [-0.1, -0.05) is 17.7 Å². The fourth-order valence-corrected chi connectivity index (χ4v) is 6.36. The van der Waals surface area contributed by atoms with Gasteiger partial charge in [0, 0.05) is 39.3 Å². The highest BCUT2D eigenvalue weighted by Gasteiger charge is 2.54. The number of tetrazole rings is 1. The van der Waals surface area contributed by atoms with E-state index in [1.54, 1.807) is 53.2 Å². The van der Waals surface area contributed by atoms with Crippen LogP contribution in [0.15, 0.2) is 76.7 Å². The van der Waals surface area contributed by atoms with Gasteiger partial charge in [-0.3, -0.25) is 9.59 Å². The quantitative estimate of drug-likeness (QED) is 0.289. The molecule has 214 valence electrons. The third kappa shape index (κ3) is 4.10. The topological polar surface area (TPSA) is 127 Å². The Morgan fingerprint density at radius 2 is 1.84 bits per heavy atom. The minimum Gasteiger partial charge on any atom is -0.340 e. The number of hydrogen-bond acceptors (Lipinski definition) is 6. The number of hydrogen-bond donors (Lipinski definition) is 2. The average Bonchev–Trinajstić information content (AvgIpc) is 3.32. The zero-order chi connectivity index (χ0) is 29.6. The summed E-state index contributed by atoms with van der Waals surface area (Å²) in [5.41, 5.74) is 1.81. The van der Waals surface area contributed by atoms with Crippen LogP contribution < -0.4 is 11.1 Å². The lowest BCUT2D eigenvalue weighted by atomic mass is 10.0. The molecule has 3 unspecified atom stereocenters. The van der Waals surface area contributed by atoms with Crippen LogP contribution in [0.3, 0.4) is 0 Å². The van der Waals surface area contributed by atoms with Crippen molar-refractivity contribution in [1.29, 1.82) is 0 Å². The summed E-state index contributed by atoms with van der Waals surface area (Å²) in [6.45, 7) is 0. The Balaban J connectivity index is 1.17. The van der Waals surface area contributed by atoms with Gasteiger partial charge in [0.25, 0.3) is 11.1 Å². The molecule has 1 aliphatic heterocycles. The first-order valence-electron chi connectivity index (χ1n) is 13.2. The molecule has 0 spiro atoms. The molecular formula is C29H18ClF3N8O2. The minimum atomic E-state index is -4.77. The molecule has 0 radical (unpaired) electrons. The number of benzene rings is 2. The highest BCUT2D eigenvalue weighted by atomic mass is 35.5. The number of nitrogens with one attached hydrogen (secondary N) is 2. The van der Waals surface area contributed by atoms with Gasteiger partial charge in [0.15, 0.2) is 0 Å². The maximum atomic E-state index is 13.6. The van der Waals surface area contributed by atoms with Gasteiger partial charge in [-0.05, 0) is 76.2 Å². The normalized spacial score (nSPS) is 19.0. The minimum absolute atomic E-state index is 0.177. The smallest absolute Gasteiger partial charge is 0.340 e. The second kappa shape index (κ2) is 8.98. The number of rotatable bonds is 4. The molecule has 2 N–H and O–H groups in total. The monoisotopic (exact) mass is 602 g/mol. The Kier molecular flexibility index (Phi) is 5.36. The Labute approximate surface area is 243 Å². The van der Waals surface area contributed by atoms with Crippen LogP contribution in [-0.4, -0.2) is 39.7 Å². The van der Waals surface area contributed by atoms with Crippen molar-refractivity contribution in [2.45, 2.75) is 24.6 Å². The first kappa shape index (κ1) is 25.7. The highest BCUT2D eigenvalue weighted by Crippen LogP contribution is 2.60. The molecule has 6 aromatic rings. The van der Waals surface area contributed by atoms with Gasteiger partial charge in [0.05, 0.1) is 23.6 Å². The highest BCUT2D eigenvalue weighted by molar-refractivity contribution is 6.31. The predicted octanol–water partition coefficient (Wildman–Crippen LogP) is 5.10. The number of imidazole rings is 1. The van der Waals surface area contributed by atoms with Gasteiger partial charge in [-0.25, -0.2) is 4.98 Å². The Bertz CT molecular complexity index is 2200. The van der Waals surface area contributed by atoms with Crippen LogP contribution in [0.25, 0.3) is 39.0 Å². The van der Waals surface area contributed by atoms with Gasteiger partial charge < -0.3 is 14.5 Å². The molecular weight excluding hydrogens is 585 g/mol. The van der Waals surface area contributed by atoms with Gasteiger partial charge in [0.1, 0.15) is 17.7 Å². The summed E-state index contributed by atoms with van der Waals surface area (Å²) in [6, 6.07) is 14.2. The van der Waals surface area contributed by atoms with E-state index < -0.39 is 17.3 Å². The summed E-state index contributed by atoms with van der Waals surface area (Å²) in [6.07, 6.45) is -0.808. The van der Waals surface area contributed by atoms with Crippen LogP contribution in [0.1, 0.15) is 35.5 Å². The second-order valence-electron chi connectivity index (χ2n) is 10.7. The summed E-state index contributed by atoms with van der Waals surface area (Å²) in [7, 11) is 0. The van der Waals surface area contributed by atoms with Crippen molar-refractivity contribution in [3.05, 3.63) is 110 Å². The van der Waals surface area contributed by atoms with Crippen LogP contribution in [0.4, 0.5) is 13.2 Å². The van der Waals surface area contributed by atoms with E-state index in [1.807, 2.05) is 6.07 Å². The molecule has 43 heavy (non-hydrogen) atoms. The maximum absolute atomic E-state index is 13.6. The standard InChI is InChI=1S/C29H18ClF3N8O2/c30-16-2-4-23(40-12-35-38-39-40)17(9-16)14-7-24-18-10-19(18)26(41(24)25(42)8-14)27-34-11-22(36-27)13-1-3-21-15(5-13)6-20(28(43)37-21)29(31,32)33/h1-9,11-12,18-19,26H,10H2,(H,34,36)(H,37,43). The average molecular weight is 603 g/mol. The number of alkyl halides is 3. The third-order valence-corrected chi connectivity index (χ3v) is 8.44. The van der Waals surface area contributed by atoms with Crippen molar-refractivity contribution in [1.82, 2.24) is 39.7 Å². The number of aromatic amines is 2. The molecule has 0 saturated heterocycles. The Morgan fingerprint density at radius 3 is 2.63 bits per heavy atom. The number of aromatic nitrogens is 8. The van der Waals surface area contributed by atoms with Crippen LogP contribution in [0.5, 0.6) is 0 Å². The van der Waals surface area contributed by atoms with Gasteiger partial charge >= 0.3 is 6.18 Å². The molecule has 0 amide bonds. The van der Waals surface area contributed by atoms with Gasteiger partial charge in [-0.15, -0.1) is 5.10 Å². The lowest BCUT2D eigenvalue weighted by molar-refractivity contribution is -0.138. The van der Waals surface area contributed by atoms with Crippen molar-refractivity contribution in [2.75, 3.05) is 0 Å². The van der Waals surface area contributed by atoms with E-state index in [9.17, 15) is 22.8 Å². The van der Waals surface area contributed by atoms with E-state index in [1.165, 1.54) is 11.0 Å². The van der Waals surface area contributed by atoms with Crippen molar-refractivity contribution in [3.63, 3.8) is 0 Å². The van der Waals surface area contributed by atoms with Gasteiger partial charge in [0.2, 0.25) is 0 Å². The predicted molar refractivity (Wildman–Crippen MR) is 150 cm³/mol. The van der Waals surface area contributed by atoms with Crippen molar-refractivity contribution in [2.24, 2.45) is 5.92 Å². The van der Waals surface area contributed by atoms with E-state index in [0.717, 1.165) is 18.2 Å². The van der Waals surface area contributed by atoms with Crippen LogP contribution in [0.2, 0.25) is 5.02 Å². The van der Waals surface area contributed by atoms with Crippen molar-refractivity contribution >= 4 is 22.5 Å². The zero-order valence-electron chi connectivity index (χ0n) is 21.8. The van der Waals surface area contributed by atoms with Crippen LogP contribution in [0, 0.1) is 5.92 Å². The molecule has 1 aliphatic carbocycles. The van der Waals surface area contributed by atoms with Crippen molar-refractivity contribution in [3.8, 4) is 28.1 Å². The van der Waals surface area contributed by atoms with E-state index in [2.05, 4.69) is 30.5 Å². The lowest BCUT2D eigenvalue weighted by Gasteiger charge is -2.18. The zero-order valence-corrected chi connectivity index (χ0v) is 22.6. The number of pyridine rings is 2. The fraction of sp³-hybridized carbons (Fsp3) is 0.172. The Morgan fingerprint density at radius 1 is 0.977 bits per heavy atom. The number of halogens is 4. The van der Waals surface area contributed by atoms with Gasteiger partial charge in [-0.2, -0.15) is 17.9 Å². The third-order valence-electron chi connectivity index (χ3n) is 8.20. The Hall–Kier alpha value is -5.04. The summed E-state index contributed by atoms with van der Waals surface area (Å²) >= 11 is 6.32. The first-order chi connectivity index (χ1) is 20.7. The molecule has 0 bridgehead atoms. The molecule has 3 atom stereocenters. The molecule has 1 saturated carbocycles. The number of nitrogens with zero attached hydrogens (tertiary/aromatic N) is 6. The largest absolute Gasteiger partial charge is 0.421 e. The number of H-pyrrole nitrogens is 2. The molecule has 1 fully saturated rings. The van der Waals surface area contributed by atoms with E-state index >= 15 is 0 Å². The van der Waals surface area contributed by atoms with E-state index in [0.29, 0.717) is 38.9 Å². The van der Waals surface area contributed by atoms with E-state index in [-0.39, 0.29) is 34.3 Å². The fourth-order valence-electron chi connectivity index (χ4n) is 6.19. The van der Waals surface area contributed by atoms with Crippen LogP contribution in [-0.2, 0) is 6.18 Å². The summed E-state index contributed by atoms with van der Waals surface area (Å²) in [5.74, 6) is 0.947. The molecule has 4 aromatic heterocycles. The second-order valence-corrected chi connectivity index (χ2v) is 11.2. The first-order valence-corrected chi connectivity index (χ1v) is 13.6. The van der Waals surface area contributed by atoms with Crippen molar-refractivity contribution < 1.29 is 13.2 Å². The maximum Gasteiger partial charge on any atom is 0.421 e. The summed E-state index contributed by atoms with van der Waals surface area (Å²) < 4.78 is 43.2. The lowest BCUT2D eigenvalue weighted by Crippen LogP contribution is -2.26. The molecule has 8 rings (SSSR count). The summed E-state index contributed by atoms with van der Waals surface area (Å²) in [4.78, 5) is 35.7. The van der Waals surface area contributed by atoms with Crippen LogP contribution >= 0.6 is 11.6 Å². The molecule has 2 aromatic carbocycles. The SMILES string of the molecule is O=c1[nH]c2ccc(-c3cnc(C4C5CC5c5cc(-c6cc(Cl)ccc6-n6cnnn6)cc(=O)n54)[nH]3)cc2cc1C(F)(F)F. The molecule has 2 aliphatic rings. The molecule has 10 nitrogen and oxygen atoms in total. The molecule has 5 heterocycles. The number of fused-ring (bicyclic) bond motifs is 4.